The minimum absolute atomic E-state index is 0.0336. The van der Waals surface area contributed by atoms with Gasteiger partial charge < -0.3 is 21.7 Å². The average molecular weight is 211 g/mol. The number of aromatic nitrogens is 2. The number of nitrogens with zero attached hydrogens (tertiary/aromatic N) is 4. The molecular weight excluding hydrogens is 198 g/mol. The Morgan fingerprint density at radius 2 is 2.13 bits per heavy atom. The highest BCUT2D eigenvalue weighted by molar-refractivity contribution is 5.92. The lowest BCUT2D eigenvalue weighted by molar-refractivity contribution is 0.376. The lowest BCUT2D eigenvalue weighted by Crippen LogP contribution is -2.26. The molecule has 0 fully saturated rings. The number of aliphatic imine (C=N–C) groups is 2. The molecule has 1 aromatic heterocycles. The van der Waals surface area contributed by atoms with Gasteiger partial charge in [0.1, 0.15) is 0 Å². The quantitative estimate of drug-likeness (QED) is 0.410. The second-order valence-electron chi connectivity index (χ2n) is 2.76. The number of nitrogens with two attached hydrogens (primary N) is 3. The van der Waals surface area contributed by atoms with Crippen LogP contribution in [0.25, 0.3) is 0 Å². The van der Waals surface area contributed by atoms with Crippen LogP contribution in [0, 0.1) is 6.92 Å². The second-order valence-corrected chi connectivity index (χ2v) is 2.76. The van der Waals surface area contributed by atoms with Crippen LogP contribution in [0.5, 0.6) is 0 Å². The van der Waals surface area contributed by atoms with Crippen LogP contribution in [-0.2, 0) is 6.42 Å². The van der Waals surface area contributed by atoms with Gasteiger partial charge in [-0.25, -0.2) is 0 Å². The maximum atomic E-state index is 5.38. The molecule has 1 aromatic rings. The van der Waals surface area contributed by atoms with Gasteiger partial charge in [0, 0.05) is 6.42 Å². The van der Waals surface area contributed by atoms with Crippen LogP contribution in [0.4, 0.5) is 0 Å². The molecule has 82 valence electrons. The summed E-state index contributed by atoms with van der Waals surface area (Å²) >= 11 is 0. The van der Waals surface area contributed by atoms with Crippen molar-refractivity contribution in [1.29, 1.82) is 0 Å². The predicted molar refractivity (Wildman–Crippen MR) is 55.0 cm³/mol. The summed E-state index contributed by atoms with van der Waals surface area (Å²) in [6, 6.07) is 0. The average Bonchev–Trinajstić information content (AvgIpc) is 2.50. The number of hydrogen-bond donors (Lipinski definition) is 3. The zero-order chi connectivity index (χ0) is 11.3. The number of rotatable bonds is 3. The lowest BCUT2D eigenvalue weighted by Gasteiger charge is -1.93. The topological polar surface area (TPSA) is 142 Å². The van der Waals surface area contributed by atoms with Crippen molar-refractivity contribution in [3.63, 3.8) is 0 Å². The molecule has 0 amide bonds. The Bertz CT molecular complexity index is 376. The van der Waals surface area contributed by atoms with E-state index in [1.165, 1.54) is 0 Å². The number of guanidine groups is 2. The van der Waals surface area contributed by atoms with Crippen LogP contribution >= 0.6 is 0 Å². The first kappa shape index (κ1) is 11.0. The van der Waals surface area contributed by atoms with E-state index < -0.39 is 0 Å². The van der Waals surface area contributed by atoms with E-state index in [4.69, 9.17) is 21.7 Å². The van der Waals surface area contributed by atoms with Gasteiger partial charge in [0.25, 0.3) is 0 Å². The molecule has 0 saturated heterocycles. The molecule has 0 aliphatic carbocycles. The first-order chi connectivity index (χ1) is 7.08. The molecule has 0 aliphatic rings. The fraction of sp³-hybridized carbons (Fsp3) is 0.429. The van der Waals surface area contributed by atoms with Gasteiger partial charge in [-0.2, -0.15) is 9.98 Å². The molecule has 6 N–H and O–H groups in total. The number of hydrogen-bond acceptors (Lipinski definition) is 4. The van der Waals surface area contributed by atoms with Crippen molar-refractivity contribution in [2.24, 2.45) is 27.2 Å². The third kappa shape index (κ3) is 4.07. The monoisotopic (exact) mass is 211 g/mol. The second kappa shape index (κ2) is 4.94. The summed E-state index contributed by atoms with van der Waals surface area (Å²) in [6.07, 6.45) is 0.502. The Morgan fingerprint density at radius 1 is 1.40 bits per heavy atom. The summed E-state index contributed by atoms with van der Waals surface area (Å²) in [5, 5.41) is 3.63. The largest absolute Gasteiger partial charge is 0.370 e. The van der Waals surface area contributed by atoms with E-state index >= 15 is 0 Å². The Kier molecular flexibility index (Phi) is 3.61. The van der Waals surface area contributed by atoms with Gasteiger partial charge in [0.05, 0.1) is 6.54 Å². The fourth-order valence-corrected chi connectivity index (χ4v) is 0.875. The molecule has 0 bridgehead atoms. The molecule has 15 heavy (non-hydrogen) atoms. The summed E-state index contributed by atoms with van der Waals surface area (Å²) in [6.45, 7) is 2.13. The normalized spacial score (nSPS) is 11.4. The van der Waals surface area contributed by atoms with Gasteiger partial charge in [-0.3, -0.25) is 4.99 Å². The highest BCUT2D eigenvalue weighted by Gasteiger charge is 2.00. The Morgan fingerprint density at radius 3 is 2.67 bits per heavy atom. The van der Waals surface area contributed by atoms with Gasteiger partial charge in [-0.1, -0.05) is 5.16 Å². The van der Waals surface area contributed by atoms with Gasteiger partial charge >= 0.3 is 0 Å². The lowest BCUT2D eigenvalue weighted by atomic mass is 10.4. The molecule has 0 spiro atoms. The first-order valence-corrected chi connectivity index (χ1v) is 4.26. The smallest absolute Gasteiger partial charge is 0.228 e. The maximum absolute atomic E-state index is 5.38. The fourth-order valence-electron chi connectivity index (χ4n) is 0.875. The van der Waals surface area contributed by atoms with E-state index in [1.54, 1.807) is 6.92 Å². The molecule has 8 heteroatoms. The SMILES string of the molecule is Cc1noc(CCN=C(N)N=C(N)N)n1. The predicted octanol–water partition coefficient (Wildman–Crippen LogP) is -1.49. The Hall–Kier alpha value is -2.12. The molecule has 0 aliphatic heterocycles. The van der Waals surface area contributed by atoms with E-state index in [0.717, 1.165) is 0 Å². The molecule has 0 unspecified atom stereocenters. The Balaban J connectivity index is 2.42. The minimum atomic E-state index is -0.120. The van der Waals surface area contributed by atoms with Crippen molar-refractivity contribution in [3.8, 4) is 0 Å². The van der Waals surface area contributed by atoms with Crippen LogP contribution in [0.2, 0.25) is 0 Å². The van der Waals surface area contributed by atoms with E-state index in [1.807, 2.05) is 0 Å². The summed E-state index contributed by atoms with van der Waals surface area (Å²) in [5.74, 6) is 1.01. The zero-order valence-electron chi connectivity index (χ0n) is 8.34. The molecule has 0 radical (unpaired) electrons. The van der Waals surface area contributed by atoms with Crippen molar-refractivity contribution in [2.75, 3.05) is 6.54 Å². The van der Waals surface area contributed by atoms with Crippen LogP contribution in [-0.4, -0.2) is 28.6 Å². The summed E-state index contributed by atoms with van der Waals surface area (Å²) in [4.78, 5) is 11.4. The van der Waals surface area contributed by atoms with E-state index in [0.29, 0.717) is 24.7 Å². The van der Waals surface area contributed by atoms with Gasteiger partial charge in [-0.15, -0.1) is 0 Å². The van der Waals surface area contributed by atoms with Crippen LogP contribution in [0.1, 0.15) is 11.7 Å². The maximum Gasteiger partial charge on any atom is 0.228 e. The summed E-state index contributed by atoms with van der Waals surface area (Å²) in [5.41, 5.74) is 15.6. The van der Waals surface area contributed by atoms with Crippen LogP contribution < -0.4 is 17.2 Å². The molecule has 8 nitrogen and oxygen atoms in total. The van der Waals surface area contributed by atoms with Crippen molar-refractivity contribution >= 4 is 11.9 Å². The third-order valence-electron chi connectivity index (χ3n) is 1.41. The van der Waals surface area contributed by atoms with E-state index in [9.17, 15) is 0 Å². The van der Waals surface area contributed by atoms with Crippen molar-refractivity contribution in [2.45, 2.75) is 13.3 Å². The van der Waals surface area contributed by atoms with Crippen LogP contribution in [0.15, 0.2) is 14.5 Å². The molecule has 0 aromatic carbocycles. The summed E-state index contributed by atoms with van der Waals surface area (Å²) in [7, 11) is 0. The highest BCUT2D eigenvalue weighted by atomic mass is 16.5. The Labute approximate surface area is 86.3 Å². The minimum Gasteiger partial charge on any atom is -0.370 e. The molecule has 1 rings (SSSR count). The van der Waals surface area contributed by atoms with Gasteiger partial charge in [0.2, 0.25) is 11.9 Å². The van der Waals surface area contributed by atoms with E-state index in [2.05, 4.69) is 20.1 Å². The molecule has 0 saturated carbocycles. The first-order valence-electron chi connectivity index (χ1n) is 4.26. The highest BCUT2D eigenvalue weighted by Crippen LogP contribution is 1.96. The zero-order valence-corrected chi connectivity index (χ0v) is 8.34. The van der Waals surface area contributed by atoms with E-state index in [-0.39, 0.29) is 11.9 Å². The molecule has 0 atom stereocenters. The van der Waals surface area contributed by atoms with Gasteiger partial charge in [-0.05, 0) is 6.92 Å². The van der Waals surface area contributed by atoms with Crippen LogP contribution in [0.3, 0.4) is 0 Å². The molecular formula is C7H13N7O. The van der Waals surface area contributed by atoms with Crippen molar-refractivity contribution in [1.82, 2.24) is 10.1 Å². The standard InChI is InChI=1S/C7H13N7O/c1-4-12-5(15-14-4)2-3-11-7(10)13-6(8)9/h2-3H2,1H3,(H6,8,9,10,11,13). The number of aryl methyl sites for hydroxylation is 1. The van der Waals surface area contributed by atoms with Crippen molar-refractivity contribution < 1.29 is 4.52 Å². The van der Waals surface area contributed by atoms with Gasteiger partial charge in [0.15, 0.2) is 11.8 Å². The summed E-state index contributed by atoms with van der Waals surface area (Å²) < 4.78 is 4.87. The molecule has 1 heterocycles. The van der Waals surface area contributed by atoms with Crippen molar-refractivity contribution in [3.05, 3.63) is 11.7 Å². The third-order valence-corrected chi connectivity index (χ3v) is 1.41.